The summed E-state index contributed by atoms with van der Waals surface area (Å²) in [5, 5.41) is 0.760. The number of hydrogen-bond donors (Lipinski definition) is 0. The summed E-state index contributed by atoms with van der Waals surface area (Å²) in [5.41, 5.74) is 2.22. The Balaban J connectivity index is 1.64. The standard InChI is InChI=1S/C20H19BrN4OS2/c1-2-14-5-3-6-15-18(14)23-20(28-15)25(11-4-10-24-12-9-22-13-24)19(26)16-7-8-17(21)27-16/h3,5-9,12-13H,2,4,10-11H2,1H3. The summed E-state index contributed by atoms with van der Waals surface area (Å²) < 4.78 is 4.10. The van der Waals surface area contributed by atoms with Crippen LogP contribution in [0.15, 0.2) is 52.8 Å². The quantitative estimate of drug-likeness (QED) is 0.349. The minimum Gasteiger partial charge on any atom is -0.337 e. The molecule has 3 heterocycles. The first kappa shape index (κ1) is 19.3. The summed E-state index contributed by atoms with van der Waals surface area (Å²) in [6, 6.07) is 10.0. The number of thiazole rings is 1. The summed E-state index contributed by atoms with van der Waals surface area (Å²) in [6.07, 6.45) is 7.26. The van der Waals surface area contributed by atoms with Crippen LogP contribution < -0.4 is 4.90 Å². The van der Waals surface area contributed by atoms with Crippen molar-refractivity contribution in [3.63, 3.8) is 0 Å². The monoisotopic (exact) mass is 474 g/mol. The Morgan fingerprint density at radius 3 is 2.86 bits per heavy atom. The van der Waals surface area contributed by atoms with E-state index in [1.807, 2.05) is 27.8 Å². The lowest BCUT2D eigenvalue weighted by Crippen LogP contribution is -2.31. The highest BCUT2D eigenvalue weighted by Gasteiger charge is 2.23. The van der Waals surface area contributed by atoms with Crippen molar-refractivity contribution < 1.29 is 4.79 Å². The van der Waals surface area contributed by atoms with Gasteiger partial charge >= 0.3 is 0 Å². The molecule has 4 aromatic rings. The zero-order valence-electron chi connectivity index (χ0n) is 15.3. The van der Waals surface area contributed by atoms with Crippen LogP contribution in [0.1, 0.15) is 28.6 Å². The van der Waals surface area contributed by atoms with Crippen molar-refractivity contribution in [1.82, 2.24) is 14.5 Å². The largest absolute Gasteiger partial charge is 0.337 e. The van der Waals surface area contributed by atoms with Crippen LogP contribution in [0.25, 0.3) is 10.2 Å². The lowest BCUT2D eigenvalue weighted by atomic mass is 10.1. The van der Waals surface area contributed by atoms with Crippen LogP contribution in [0.4, 0.5) is 5.13 Å². The van der Waals surface area contributed by atoms with E-state index >= 15 is 0 Å². The molecule has 0 aliphatic rings. The van der Waals surface area contributed by atoms with E-state index in [0.29, 0.717) is 11.4 Å². The van der Waals surface area contributed by atoms with Crippen molar-refractivity contribution in [1.29, 1.82) is 0 Å². The fraction of sp³-hybridized carbons (Fsp3) is 0.250. The second-order valence-corrected chi connectivity index (χ2v) is 9.80. The minimum absolute atomic E-state index is 0.00145. The lowest BCUT2D eigenvalue weighted by Gasteiger charge is -2.19. The molecule has 28 heavy (non-hydrogen) atoms. The van der Waals surface area contributed by atoms with Crippen molar-refractivity contribution in [2.45, 2.75) is 26.3 Å². The Hall–Kier alpha value is -2.03. The number of nitrogens with zero attached hydrogens (tertiary/aromatic N) is 4. The number of anilines is 1. The highest BCUT2D eigenvalue weighted by Crippen LogP contribution is 2.33. The number of fused-ring (bicyclic) bond motifs is 1. The Morgan fingerprint density at radius 2 is 2.14 bits per heavy atom. The zero-order valence-corrected chi connectivity index (χ0v) is 18.6. The van der Waals surface area contributed by atoms with Crippen LogP contribution in [0.2, 0.25) is 0 Å². The number of aromatic nitrogens is 3. The average Bonchev–Trinajstić information content (AvgIpc) is 3.44. The number of para-hydroxylation sites is 1. The summed E-state index contributed by atoms with van der Waals surface area (Å²) in [5.74, 6) is -0.00145. The number of halogens is 1. The molecule has 0 radical (unpaired) electrons. The Morgan fingerprint density at radius 1 is 1.25 bits per heavy atom. The van der Waals surface area contributed by atoms with E-state index in [-0.39, 0.29) is 5.91 Å². The van der Waals surface area contributed by atoms with Crippen molar-refractivity contribution in [2.24, 2.45) is 0 Å². The topological polar surface area (TPSA) is 51.0 Å². The third-order valence-corrected chi connectivity index (χ3v) is 7.14. The summed E-state index contributed by atoms with van der Waals surface area (Å²) in [4.78, 5) is 24.7. The smallest absolute Gasteiger partial charge is 0.270 e. The van der Waals surface area contributed by atoms with Gasteiger partial charge < -0.3 is 4.57 Å². The highest BCUT2D eigenvalue weighted by molar-refractivity contribution is 9.11. The van der Waals surface area contributed by atoms with Gasteiger partial charge in [-0.05, 0) is 52.5 Å². The molecule has 0 bridgehead atoms. The number of hydrogen-bond acceptors (Lipinski definition) is 5. The van der Waals surface area contributed by atoms with Crippen LogP contribution in [-0.4, -0.2) is 27.0 Å². The second kappa shape index (κ2) is 8.55. The molecule has 0 fully saturated rings. The molecule has 1 amide bonds. The Kier molecular flexibility index (Phi) is 5.89. The van der Waals surface area contributed by atoms with Gasteiger partial charge in [0.05, 0.1) is 25.2 Å². The number of amides is 1. The van der Waals surface area contributed by atoms with E-state index in [9.17, 15) is 4.79 Å². The highest BCUT2D eigenvalue weighted by atomic mass is 79.9. The molecule has 5 nitrogen and oxygen atoms in total. The van der Waals surface area contributed by atoms with E-state index < -0.39 is 0 Å². The maximum atomic E-state index is 13.2. The van der Waals surface area contributed by atoms with Gasteiger partial charge in [-0.1, -0.05) is 30.4 Å². The Bertz CT molecular complexity index is 1090. The number of rotatable bonds is 7. The fourth-order valence-corrected chi connectivity index (χ4v) is 5.44. The van der Waals surface area contributed by atoms with Crippen LogP contribution in [0.3, 0.4) is 0 Å². The molecule has 0 unspecified atom stereocenters. The normalized spacial score (nSPS) is 11.2. The third-order valence-electron chi connectivity index (χ3n) is 4.49. The lowest BCUT2D eigenvalue weighted by molar-refractivity contribution is 0.0990. The molecule has 0 saturated carbocycles. The number of aryl methyl sites for hydroxylation is 2. The van der Waals surface area contributed by atoms with E-state index in [4.69, 9.17) is 4.98 Å². The van der Waals surface area contributed by atoms with Crippen LogP contribution >= 0.6 is 38.6 Å². The summed E-state index contributed by atoms with van der Waals surface area (Å²) in [7, 11) is 0. The maximum absolute atomic E-state index is 13.2. The van der Waals surface area contributed by atoms with Gasteiger partial charge in [-0.15, -0.1) is 11.3 Å². The van der Waals surface area contributed by atoms with Crippen LogP contribution in [-0.2, 0) is 13.0 Å². The number of benzene rings is 1. The molecule has 1 aromatic carbocycles. The maximum Gasteiger partial charge on any atom is 0.270 e. The fourth-order valence-electron chi connectivity index (χ4n) is 3.07. The van der Waals surface area contributed by atoms with Gasteiger partial charge in [0.1, 0.15) is 0 Å². The van der Waals surface area contributed by atoms with E-state index in [2.05, 4.69) is 46.0 Å². The van der Waals surface area contributed by atoms with Gasteiger partial charge in [0.25, 0.3) is 5.91 Å². The zero-order chi connectivity index (χ0) is 19.5. The van der Waals surface area contributed by atoms with E-state index in [0.717, 1.165) is 38.5 Å². The predicted octanol–water partition coefficient (Wildman–Crippen LogP) is 5.62. The molecule has 0 aliphatic carbocycles. The first-order valence-corrected chi connectivity index (χ1v) is 11.5. The van der Waals surface area contributed by atoms with Gasteiger partial charge in [-0.25, -0.2) is 9.97 Å². The SMILES string of the molecule is CCc1cccc2sc(N(CCCn3ccnc3)C(=O)c3ccc(Br)s3)nc12. The minimum atomic E-state index is -0.00145. The molecular formula is C20H19BrN4OS2. The second-order valence-electron chi connectivity index (χ2n) is 6.33. The molecular weight excluding hydrogens is 456 g/mol. The molecule has 0 saturated heterocycles. The first-order valence-electron chi connectivity index (χ1n) is 9.07. The van der Waals surface area contributed by atoms with Crippen LogP contribution in [0, 0.1) is 0 Å². The molecule has 0 spiro atoms. The molecule has 0 atom stereocenters. The van der Waals surface area contributed by atoms with E-state index in [1.54, 1.807) is 23.9 Å². The summed E-state index contributed by atoms with van der Waals surface area (Å²) >= 11 is 6.49. The van der Waals surface area contributed by atoms with Crippen LogP contribution in [0.5, 0.6) is 0 Å². The summed E-state index contributed by atoms with van der Waals surface area (Å²) in [6.45, 7) is 3.54. The molecule has 0 aliphatic heterocycles. The molecule has 8 heteroatoms. The number of carbonyl (C=O) groups is 1. The number of imidazole rings is 1. The number of carbonyl (C=O) groups excluding carboxylic acids is 1. The van der Waals surface area contributed by atoms with Gasteiger partial charge in [-0.2, -0.15) is 0 Å². The van der Waals surface area contributed by atoms with Gasteiger partial charge in [0.2, 0.25) is 0 Å². The van der Waals surface area contributed by atoms with Gasteiger partial charge in [-0.3, -0.25) is 9.69 Å². The van der Waals surface area contributed by atoms with Crippen molar-refractivity contribution >= 4 is 59.9 Å². The van der Waals surface area contributed by atoms with Crippen molar-refractivity contribution in [2.75, 3.05) is 11.4 Å². The van der Waals surface area contributed by atoms with Crippen molar-refractivity contribution in [3.8, 4) is 0 Å². The van der Waals surface area contributed by atoms with Gasteiger partial charge in [0, 0.05) is 25.5 Å². The molecule has 3 aromatic heterocycles. The average molecular weight is 475 g/mol. The van der Waals surface area contributed by atoms with Gasteiger partial charge in [0.15, 0.2) is 5.13 Å². The predicted molar refractivity (Wildman–Crippen MR) is 120 cm³/mol. The molecule has 4 rings (SSSR count). The van der Waals surface area contributed by atoms with E-state index in [1.165, 1.54) is 16.9 Å². The van der Waals surface area contributed by atoms with Crippen molar-refractivity contribution in [3.05, 3.63) is 63.3 Å². The first-order chi connectivity index (χ1) is 13.7. The molecule has 144 valence electrons. The molecule has 0 N–H and O–H groups in total. The number of thiophene rings is 1. The third kappa shape index (κ3) is 4.04. The Labute approximate surface area is 179 Å².